The Morgan fingerprint density at radius 3 is 2.56 bits per heavy atom. The Hall–Kier alpha value is -2.38. The minimum absolute atomic E-state index is 0.125. The van der Waals surface area contributed by atoms with Crippen LogP contribution in [0.2, 0.25) is 0 Å². The van der Waals surface area contributed by atoms with Gasteiger partial charge in [0.1, 0.15) is 0 Å². The number of hydrogen-bond acceptors (Lipinski definition) is 3. The maximum atomic E-state index is 13.7. The number of aliphatic hydroxyl groups excluding tert-OH is 1. The van der Waals surface area contributed by atoms with Gasteiger partial charge in [0, 0.05) is 31.6 Å². The molecule has 3 unspecified atom stereocenters. The predicted molar refractivity (Wildman–Crippen MR) is 123 cm³/mol. The smallest absolute Gasteiger partial charge is 0.379 e. The highest BCUT2D eigenvalue weighted by atomic mass is 19.4. The molecule has 2 heterocycles. The van der Waals surface area contributed by atoms with Crippen LogP contribution in [0.25, 0.3) is 0 Å². The van der Waals surface area contributed by atoms with Gasteiger partial charge in [-0.1, -0.05) is 48.5 Å². The lowest BCUT2D eigenvalue weighted by molar-refractivity contribution is -0.206. The third-order valence-electron chi connectivity index (χ3n) is 8.19. The lowest BCUT2D eigenvalue weighted by Crippen LogP contribution is -2.49. The Balaban J connectivity index is 1.35. The average molecular weight is 473 g/mol. The summed E-state index contributed by atoms with van der Waals surface area (Å²) >= 11 is 0. The van der Waals surface area contributed by atoms with E-state index in [2.05, 4.69) is 29.6 Å². The van der Waals surface area contributed by atoms with Crippen molar-refractivity contribution in [1.29, 1.82) is 0 Å². The van der Waals surface area contributed by atoms with E-state index < -0.39 is 17.7 Å². The van der Waals surface area contributed by atoms with Crippen molar-refractivity contribution >= 4 is 5.91 Å². The first-order valence-electron chi connectivity index (χ1n) is 12.2. The van der Waals surface area contributed by atoms with Crippen LogP contribution in [0, 0.1) is 5.92 Å². The Kier molecular flexibility index (Phi) is 6.19. The zero-order valence-electron chi connectivity index (χ0n) is 19.2. The topological polar surface area (TPSA) is 52.6 Å². The molecule has 2 aromatic rings. The second-order valence-corrected chi connectivity index (χ2v) is 10.1. The summed E-state index contributed by atoms with van der Waals surface area (Å²) in [4.78, 5) is 15.7. The molecule has 0 aromatic heterocycles. The number of benzene rings is 2. The summed E-state index contributed by atoms with van der Waals surface area (Å²) in [6.07, 6.45) is -2.97. The van der Waals surface area contributed by atoms with Crippen molar-refractivity contribution in [3.05, 3.63) is 70.8 Å². The number of halogens is 3. The predicted octanol–water partition coefficient (Wildman–Crippen LogP) is 4.48. The number of nitrogens with zero attached hydrogens (tertiary/aromatic N) is 1. The van der Waals surface area contributed by atoms with Gasteiger partial charge in [-0.15, -0.1) is 0 Å². The Morgan fingerprint density at radius 1 is 1.12 bits per heavy atom. The third-order valence-corrected chi connectivity index (χ3v) is 8.19. The highest BCUT2D eigenvalue weighted by Crippen LogP contribution is 2.47. The SMILES string of the molecule is O=C(C1CNCC12CCCc1cc(C(O)C(F)(F)F)ccc12)N1CCC(c2ccccc2)CC1. The molecular weight excluding hydrogens is 441 g/mol. The lowest BCUT2D eigenvalue weighted by Gasteiger charge is -2.42. The second kappa shape index (κ2) is 9.00. The van der Waals surface area contributed by atoms with Gasteiger partial charge in [0.2, 0.25) is 5.91 Å². The van der Waals surface area contributed by atoms with Gasteiger partial charge in [-0.25, -0.2) is 0 Å². The van der Waals surface area contributed by atoms with Crippen molar-refractivity contribution in [1.82, 2.24) is 10.2 Å². The van der Waals surface area contributed by atoms with E-state index in [0.717, 1.165) is 49.9 Å². The van der Waals surface area contributed by atoms with E-state index in [4.69, 9.17) is 0 Å². The first-order chi connectivity index (χ1) is 16.3. The fraction of sp³-hybridized carbons (Fsp3) is 0.519. The fourth-order valence-corrected chi connectivity index (χ4v) is 6.40. The van der Waals surface area contributed by atoms with E-state index >= 15 is 0 Å². The van der Waals surface area contributed by atoms with Crippen LogP contribution in [0.5, 0.6) is 0 Å². The molecule has 182 valence electrons. The Labute approximate surface area is 198 Å². The highest BCUT2D eigenvalue weighted by molar-refractivity contribution is 5.82. The first kappa shape index (κ1) is 23.4. The number of fused-ring (bicyclic) bond motifs is 2. The number of hydrogen-bond donors (Lipinski definition) is 2. The molecule has 0 saturated carbocycles. The summed E-state index contributed by atoms with van der Waals surface area (Å²) in [6.45, 7) is 2.70. The van der Waals surface area contributed by atoms with Crippen molar-refractivity contribution in [2.24, 2.45) is 5.92 Å². The molecule has 0 radical (unpaired) electrons. The van der Waals surface area contributed by atoms with Gasteiger partial charge in [0.15, 0.2) is 6.10 Å². The standard InChI is InChI=1S/C27H31F3N2O2/c28-27(29,30)24(33)21-8-9-22-20(15-21)7-4-12-26(22)17-31-16-23(26)25(34)32-13-10-19(11-14-32)18-5-2-1-3-6-18/h1-3,5-6,8-9,15,19,23-24,31,33H,4,7,10-14,16-17H2. The molecular formula is C27H31F3N2O2. The fourth-order valence-electron chi connectivity index (χ4n) is 6.40. The van der Waals surface area contributed by atoms with Crippen LogP contribution < -0.4 is 5.32 Å². The number of alkyl halides is 3. The Bertz CT molecular complexity index is 1030. The van der Waals surface area contributed by atoms with Crippen LogP contribution in [-0.4, -0.2) is 48.3 Å². The molecule has 7 heteroatoms. The van der Waals surface area contributed by atoms with Gasteiger partial charge in [0.05, 0.1) is 5.92 Å². The highest BCUT2D eigenvalue weighted by Gasteiger charge is 2.51. The number of carbonyl (C=O) groups is 1. The van der Waals surface area contributed by atoms with Gasteiger partial charge >= 0.3 is 6.18 Å². The summed E-state index contributed by atoms with van der Waals surface area (Å²) < 4.78 is 39.2. The molecule has 1 spiro atoms. The number of aryl methyl sites for hydroxylation is 1. The summed E-state index contributed by atoms with van der Waals surface area (Å²) in [6, 6.07) is 15.1. The quantitative estimate of drug-likeness (QED) is 0.693. The number of amides is 1. The van der Waals surface area contributed by atoms with E-state index in [-0.39, 0.29) is 17.4 Å². The molecule has 0 bridgehead atoms. The van der Waals surface area contributed by atoms with Crippen molar-refractivity contribution < 1.29 is 23.1 Å². The van der Waals surface area contributed by atoms with Crippen molar-refractivity contribution in [2.75, 3.05) is 26.2 Å². The summed E-state index contributed by atoms with van der Waals surface area (Å²) in [5.74, 6) is 0.400. The zero-order chi connectivity index (χ0) is 23.9. The lowest BCUT2D eigenvalue weighted by atomic mass is 9.63. The van der Waals surface area contributed by atoms with Crippen LogP contribution in [0.1, 0.15) is 60.0 Å². The van der Waals surface area contributed by atoms with Crippen LogP contribution in [0.15, 0.2) is 48.5 Å². The van der Waals surface area contributed by atoms with Gasteiger partial charge in [0.25, 0.3) is 0 Å². The minimum atomic E-state index is -4.69. The molecule has 2 N–H and O–H groups in total. The number of piperidine rings is 1. The van der Waals surface area contributed by atoms with Crippen LogP contribution in [0.3, 0.4) is 0 Å². The number of rotatable bonds is 3. The number of carbonyl (C=O) groups excluding carboxylic acids is 1. The van der Waals surface area contributed by atoms with Gasteiger partial charge in [-0.05, 0) is 60.3 Å². The Morgan fingerprint density at radius 2 is 1.85 bits per heavy atom. The van der Waals surface area contributed by atoms with E-state index in [0.29, 0.717) is 25.4 Å². The van der Waals surface area contributed by atoms with Gasteiger partial charge in [-0.3, -0.25) is 4.79 Å². The molecule has 2 aromatic carbocycles. The zero-order valence-corrected chi connectivity index (χ0v) is 19.2. The monoisotopic (exact) mass is 472 g/mol. The van der Waals surface area contributed by atoms with Crippen LogP contribution in [0.4, 0.5) is 13.2 Å². The molecule has 3 aliphatic rings. The normalized spacial score (nSPS) is 26.5. The molecule has 34 heavy (non-hydrogen) atoms. The number of aliphatic hydroxyl groups is 1. The van der Waals surface area contributed by atoms with Crippen molar-refractivity contribution in [3.8, 4) is 0 Å². The summed E-state index contributed by atoms with van der Waals surface area (Å²) in [5, 5.41) is 13.1. The maximum Gasteiger partial charge on any atom is 0.418 e. The summed E-state index contributed by atoms with van der Waals surface area (Å²) in [7, 11) is 0. The van der Waals surface area contributed by atoms with E-state index in [1.54, 1.807) is 6.07 Å². The molecule has 4 nitrogen and oxygen atoms in total. The van der Waals surface area contributed by atoms with Crippen LogP contribution in [-0.2, 0) is 16.6 Å². The largest absolute Gasteiger partial charge is 0.418 e. The van der Waals surface area contributed by atoms with E-state index in [1.807, 2.05) is 11.0 Å². The molecule has 2 aliphatic heterocycles. The number of likely N-dealkylation sites (tertiary alicyclic amines) is 1. The molecule has 2 fully saturated rings. The van der Waals surface area contributed by atoms with Crippen molar-refractivity contribution in [2.45, 2.75) is 55.7 Å². The van der Waals surface area contributed by atoms with Gasteiger partial charge in [-0.2, -0.15) is 13.2 Å². The van der Waals surface area contributed by atoms with Gasteiger partial charge < -0.3 is 15.3 Å². The second-order valence-electron chi connectivity index (χ2n) is 10.1. The number of nitrogens with one attached hydrogen (secondary N) is 1. The average Bonchev–Trinajstić information content (AvgIpc) is 3.27. The van der Waals surface area contributed by atoms with E-state index in [1.165, 1.54) is 17.7 Å². The summed E-state index contributed by atoms with van der Waals surface area (Å²) in [5.41, 5.74) is 2.60. The molecule has 2 saturated heterocycles. The van der Waals surface area contributed by atoms with Crippen molar-refractivity contribution in [3.63, 3.8) is 0 Å². The maximum absolute atomic E-state index is 13.7. The molecule has 1 aliphatic carbocycles. The first-order valence-corrected chi connectivity index (χ1v) is 12.2. The minimum Gasteiger partial charge on any atom is -0.379 e. The molecule has 5 rings (SSSR count). The van der Waals surface area contributed by atoms with Crippen LogP contribution >= 0.6 is 0 Å². The molecule has 3 atom stereocenters. The third kappa shape index (κ3) is 4.13. The van der Waals surface area contributed by atoms with E-state index in [9.17, 15) is 23.1 Å². The molecule has 1 amide bonds.